The van der Waals surface area contributed by atoms with Crippen molar-refractivity contribution in [1.82, 2.24) is 4.90 Å². The Morgan fingerprint density at radius 3 is 2.67 bits per heavy atom. The molecule has 1 fully saturated rings. The average molecular weight is 173 g/mol. The van der Waals surface area contributed by atoms with Crippen LogP contribution in [0.25, 0.3) is 0 Å². The van der Waals surface area contributed by atoms with Crippen molar-refractivity contribution in [3.05, 3.63) is 0 Å². The van der Waals surface area contributed by atoms with E-state index in [0.29, 0.717) is 19.5 Å². The third-order valence-corrected chi connectivity index (χ3v) is 2.18. The topological polar surface area (TPSA) is 60.8 Å². The van der Waals surface area contributed by atoms with Gasteiger partial charge in [0.15, 0.2) is 0 Å². The SMILES string of the molecule is CN1CC(C(=O)O)CC(C)(O)C1. The first-order valence-electron chi connectivity index (χ1n) is 4.04. The molecular formula is C8H15NO3. The van der Waals surface area contributed by atoms with Gasteiger partial charge in [-0.25, -0.2) is 0 Å². The molecular weight excluding hydrogens is 158 g/mol. The highest BCUT2D eigenvalue weighted by Gasteiger charge is 2.36. The summed E-state index contributed by atoms with van der Waals surface area (Å²) in [5, 5.41) is 18.4. The number of carboxylic acids is 1. The van der Waals surface area contributed by atoms with Gasteiger partial charge in [0.1, 0.15) is 0 Å². The van der Waals surface area contributed by atoms with Crippen LogP contribution in [0.2, 0.25) is 0 Å². The van der Waals surface area contributed by atoms with Crippen LogP contribution in [0.3, 0.4) is 0 Å². The Labute approximate surface area is 71.8 Å². The van der Waals surface area contributed by atoms with Gasteiger partial charge in [0.2, 0.25) is 0 Å². The average Bonchev–Trinajstić information content (AvgIpc) is 1.82. The lowest BCUT2D eigenvalue weighted by Gasteiger charge is -2.37. The van der Waals surface area contributed by atoms with Crippen molar-refractivity contribution < 1.29 is 15.0 Å². The molecule has 1 aliphatic rings. The highest BCUT2D eigenvalue weighted by molar-refractivity contribution is 5.70. The van der Waals surface area contributed by atoms with E-state index in [1.807, 2.05) is 11.9 Å². The fourth-order valence-corrected chi connectivity index (χ4v) is 1.85. The Morgan fingerprint density at radius 2 is 2.25 bits per heavy atom. The van der Waals surface area contributed by atoms with Gasteiger partial charge < -0.3 is 15.1 Å². The van der Waals surface area contributed by atoms with Gasteiger partial charge in [0, 0.05) is 13.1 Å². The molecule has 2 atom stereocenters. The van der Waals surface area contributed by atoms with Gasteiger partial charge >= 0.3 is 5.97 Å². The van der Waals surface area contributed by atoms with Crippen molar-refractivity contribution >= 4 is 5.97 Å². The molecule has 4 nitrogen and oxygen atoms in total. The minimum atomic E-state index is -0.851. The maximum Gasteiger partial charge on any atom is 0.307 e. The predicted molar refractivity (Wildman–Crippen MR) is 43.9 cm³/mol. The second kappa shape index (κ2) is 3.03. The fourth-order valence-electron chi connectivity index (χ4n) is 1.85. The van der Waals surface area contributed by atoms with Crippen LogP contribution in [0.5, 0.6) is 0 Å². The number of rotatable bonds is 1. The molecule has 2 N–H and O–H groups in total. The fraction of sp³-hybridized carbons (Fsp3) is 0.875. The molecule has 1 saturated heterocycles. The maximum absolute atomic E-state index is 10.6. The Kier molecular flexibility index (Phi) is 2.39. The Hall–Kier alpha value is -0.610. The zero-order valence-corrected chi connectivity index (χ0v) is 7.45. The number of β-amino-alcohol motifs (C(OH)–C–C–N with tert-alkyl or cyclic N) is 1. The quantitative estimate of drug-likeness (QED) is 0.575. The number of hydrogen-bond acceptors (Lipinski definition) is 3. The molecule has 0 radical (unpaired) electrons. The van der Waals surface area contributed by atoms with E-state index in [9.17, 15) is 9.90 Å². The molecule has 2 unspecified atom stereocenters. The Balaban J connectivity index is 2.64. The van der Waals surface area contributed by atoms with Crippen LogP contribution in [0.1, 0.15) is 13.3 Å². The van der Waals surface area contributed by atoms with Gasteiger partial charge in [-0.3, -0.25) is 4.79 Å². The predicted octanol–water partition coefficient (Wildman–Crippen LogP) is -0.226. The minimum absolute atomic E-state index is 0.354. The van der Waals surface area contributed by atoms with Crippen LogP contribution in [-0.4, -0.2) is 46.8 Å². The summed E-state index contributed by atoms with van der Waals surface area (Å²) >= 11 is 0. The van der Waals surface area contributed by atoms with E-state index >= 15 is 0 Å². The van der Waals surface area contributed by atoms with E-state index in [4.69, 9.17) is 5.11 Å². The molecule has 1 rings (SSSR count). The molecule has 1 aliphatic heterocycles. The van der Waals surface area contributed by atoms with Crippen molar-refractivity contribution in [2.75, 3.05) is 20.1 Å². The van der Waals surface area contributed by atoms with Crippen molar-refractivity contribution in [3.8, 4) is 0 Å². The summed E-state index contributed by atoms with van der Waals surface area (Å²) in [7, 11) is 1.82. The van der Waals surface area contributed by atoms with Crippen molar-refractivity contribution in [2.24, 2.45) is 5.92 Å². The first kappa shape index (κ1) is 9.48. The molecule has 12 heavy (non-hydrogen) atoms. The highest BCUT2D eigenvalue weighted by Crippen LogP contribution is 2.24. The number of aliphatic carboxylic acids is 1. The number of likely N-dealkylation sites (tertiary alicyclic amines) is 1. The zero-order chi connectivity index (χ0) is 9.35. The van der Waals surface area contributed by atoms with Crippen LogP contribution in [0, 0.1) is 5.92 Å². The molecule has 0 aromatic rings. The third-order valence-electron chi connectivity index (χ3n) is 2.18. The van der Waals surface area contributed by atoms with E-state index in [-0.39, 0.29) is 0 Å². The number of nitrogens with zero attached hydrogens (tertiary/aromatic N) is 1. The molecule has 4 heteroatoms. The first-order chi connectivity index (χ1) is 5.41. The largest absolute Gasteiger partial charge is 0.481 e. The van der Waals surface area contributed by atoms with Crippen LogP contribution < -0.4 is 0 Å². The van der Waals surface area contributed by atoms with Gasteiger partial charge in [0.05, 0.1) is 11.5 Å². The summed E-state index contributed by atoms with van der Waals surface area (Å²) in [5.74, 6) is -1.25. The molecule has 0 saturated carbocycles. The lowest BCUT2D eigenvalue weighted by Crippen LogP contribution is -2.50. The number of piperidine rings is 1. The first-order valence-corrected chi connectivity index (χ1v) is 4.04. The number of carboxylic acid groups (broad SMARTS) is 1. The lowest BCUT2D eigenvalue weighted by atomic mass is 9.87. The summed E-state index contributed by atoms with van der Waals surface area (Å²) in [6, 6.07) is 0. The van der Waals surface area contributed by atoms with E-state index in [0.717, 1.165) is 0 Å². The van der Waals surface area contributed by atoms with Gasteiger partial charge in [-0.1, -0.05) is 0 Å². The summed E-state index contributed by atoms with van der Waals surface area (Å²) in [5.41, 5.74) is -0.851. The maximum atomic E-state index is 10.6. The molecule has 0 amide bonds. The van der Waals surface area contributed by atoms with Gasteiger partial charge in [-0.2, -0.15) is 0 Å². The standard InChI is InChI=1S/C8H15NO3/c1-8(12)3-6(7(10)11)4-9(2)5-8/h6,12H,3-5H2,1-2H3,(H,10,11). The smallest absolute Gasteiger partial charge is 0.307 e. The number of hydrogen-bond donors (Lipinski definition) is 2. The second-order valence-corrected chi connectivity index (χ2v) is 3.93. The van der Waals surface area contributed by atoms with Crippen molar-refractivity contribution in [1.29, 1.82) is 0 Å². The number of likely N-dealkylation sites (N-methyl/N-ethyl adjacent to an activating group) is 1. The lowest BCUT2D eigenvalue weighted by molar-refractivity contribution is -0.148. The molecule has 1 heterocycles. The van der Waals surface area contributed by atoms with E-state index in [1.54, 1.807) is 6.92 Å². The molecule has 0 bridgehead atoms. The minimum Gasteiger partial charge on any atom is -0.481 e. The molecule has 70 valence electrons. The second-order valence-electron chi connectivity index (χ2n) is 3.93. The number of carbonyl (C=O) groups is 1. The monoisotopic (exact) mass is 173 g/mol. The summed E-state index contributed by atoms with van der Waals surface area (Å²) < 4.78 is 0. The van der Waals surface area contributed by atoms with Crippen molar-refractivity contribution in [2.45, 2.75) is 18.9 Å². The zero-order valence-electron chi connectivity index (χ0n) is 7.45. The van der Waals surface area contributed by atoms with E-state index in [2.05, 4.69) is 0 Å². The summed E-state index contributed by atoms with van der Waals surface area (Å²) in [4.78, 5) is 12.5. The van der Waals surface area contributed by atoms with Gasteiger partial charge in [0.25, 0.3) is 0 Å². The van der Waals surface area contributed by atoms with Crippen LogP contribution in [0.4, 0.5) is 0 Å². The molecule has 0 aromatic carbocycles. The van der Waals surface area contributed by atoms with E-state index < -0.39 is 17.5 Å². The third kappa shape index (κ3) is 2.19. The highest BCUT2D eigenvalue weighted by atomic mass is 16.4. The van der Waals surface area contributed by atoms with Crippen molar-refractivity contribution in [3.63, 3.8) is 0 Å². The number of aliphatic hydroxyl groups is 1. The van der Waals surface area contributed by atoms with Gasteiger partial charge in [-0.05, 0) is 20.4 Å². The molecule has 0 spiro atoms. The van der Waals surface area contributed by atoms with Crippen LogP contribution in [-0.2, 0) is 4.79 Å². The summed E-state index contributed by atoms with van der Waals surface area (Å²) in [6.45, 7) is 2.76. The Bertz CT molecular complexity index is 191. The molecule has 0 aromatic heterocycles. The summed E-state index contributed by atoms with van der Waals surface area (Å²) in [6.07, 6.45) is 0.354. The van der Waals surface area contributed by atoms with Gasteiger partial charge in [-0.15, -0.1) is 0 Å². The molecule has 0 aliphatic carbocycles. The van der Waals surface area contributed by atoms with Crippen LogP contribution in [0.15, 0.2) is 0 Å². The normalized spacial score (nSPS) is 38.1. The Morgan fingerprint density at radius 1 is 1.67 bits per heavy atom. The van der Waals surface area contributed by atoms with Crippen LogP contribution >= 0.6 is 0 Å². The van der Waals surface area contributed by atoms with E-state index in [1.165, 1.54) is 0 Å².